The minimum absolute atomic E-state index is 0.829. The van der Waals surface area contributed by atoms with Crippen molar-refractivity contribution in [2.75, 3.05) is 14.2 Å². The van der Waals surface area contributed by atoms with E-state index >= 15 is 0 Å². The largest absolute Gasteiger partial charge is 0.496 e. The van der Waals surface area contributed by atoms with Crippen molar-refractivity contribution in [3.8, 4) is 5.75 Å². The fourth-order valence-electron chi connectivity index (χ4n) is 1.66. The van der Waals surface area contributed by atoms with E-state index in [9.17, 15) is 0 Å². The molecule has 0 saturated heterocycles. The number of benzene rings is 1. The second-order valence-electron chi connectivity index (χ2n) is 3.10. The van der Waals surface area contributed by atoms with E-state index in [0.29, 0.717) is 0 Å². The summed E-state index contributed by atoms with van der Waals surface area (Å²) < 4.78 is 6.98. The molecule has 73 valence electrons. The summed E-state index contributed by atoms with van der Waals surface area (Å²) >= 11 is 0. The van der Waals surface area contributed by atoms with Crippen LogP contribution in [0.1, 0.15) is 5.56 Å². The number of aryl methyl sites for hydroxylation is 1. The Kier molecular flexibility index (Phi) is 2.08. The SMILES string of the molecule is COc1c[c]cc2c1c(C)cn2OC. The van der Waals surface area contributed by atoms with Gasteiger partial charge >= 0.3 is 0 Å². The highest BCUT2D eigenvalue weighted by atomic mass is 16.6. The molecule has 0 fully saturated rings. The fraction of sp³-hybridized carbons (Fsp3) is 0.273. The molecule has 1 aromatic carbocycles. The first-order valence-electron chi connectivity index (χ1n) is 4.38. The third kappa shape index (κ3) is 1.13. The normalized spacial score (nSPS) is 10.5. The molecule has 0 unspecified atom stereocenters. The van der Waals surface area contributed by atoms with Crippen LogP contribution in [0.2, 0.25) is 0 Å². The zero-order valence-electron chi connectivity index (χ0n) is 8.50. The van der Waals surface area contributed by atoms with E-state index in [4.69, 9.17) is 9.57 Å². The molecule has 2 aromatic rings. The maximum atomic E-state index is 5.27. The maximum absolute atomic E-state index is 5.27. The van der Waals surface area contributed by atoms with Gasteiger partial charge in [0, 0.05) is 11.6 Å². The molecule has 3 nitrogen and oxygen atoms in total. The first-order chi connectivity index (χ1) is 6.77. The lowest BCUT2D eigenvalue weighted by atomic mass is 10.2. The molecule has 1 heterocycles. The summed E-state index contributed by atoms with van der Waals surface area (Å²) in [5.41, 5.74) is 2.11. The summed E-state index contributed by atoms with van der Waals surface area (Å²) in [4.78, 5) is 5.19. The summed E-state index contributed by atoms with van der Waals surface area (Å²) in [6, 6.07) is 6.73. The summed E-state index contributed by atoms with van der Waals surface area (Å²) in [5.74, 6) is 0.829. The Morgan fingerprint density at radius 1 is 1.29 bits per heavy atom. The van der Waals surface area contributed by atoms with Gasteiger partial charge in [-0.1, -0.05) is 0 Å². The molecule has 1 aromatic heterocycles. The van der Waals surface area contributed by atoms with Gasteiger partial charge in [-0.05, 0) is 30.7 Å². The molecule has 0 N–H and O–H groups in total. The van der Waals surface area contributed by atoms with Crippen LogP contribution in [0.25, 0.3) is 10.9 Å². The summed E-state index contributed by atoms with van der Waals surface area (Å²) in [5, 5.41) is 1.08. The van der Waals surface area contributed by atoms with E-state index < -0.39 is 0 Å². The molecule has 0 aliphatic heterocycles. The van der Waals surface area contributed by atoms with E-state index in [2.05, 4.69) is 6.07 Å². The third-order valence-electron chi connectivity index (χ3n) is 2.30. The average molecular weight is 190 g/mol. The van der Waals surface area contributed by atoms with E-state index in [0.717, 1.165) is 22.2 Å². The van der Waals surface area contributed by atoms with Gasteiger partial charge in [-0.3, -0.25) is 0 Å². The Bertz CT molecular complexity index is 460. The Balaban J connectivity index is 2.81. The lowest BCUT2D eigenvalue weighted by Gasteiger charge is -2.04. The zero-order valence-corrected chi connectivity index (χ0v) is 8.50. The summed E-state index contributed by atoms with van der Waals surface area (Å²) in [7, 11) is 3.30. The second-order valence-corrected chi connectivity index (χ2v) is 3.10. The van der Waals surface area contributed by atoms with Crippen molar-refractivity contribution in [1.82, 2.24) is 4.73 Å². The molecule has 0 aliphatic carbocycles. The van der Waals surface area contributed by atoms with Crippen LogP contribution in [-0.4, -0.2) is 19.0 Å². The third-order valence-corrected chi connectivity index (χ3v) is 2.30. The highest BCUT2D eigenvalue weighted by molar-refractivity contribution is 5.89. The van der Waals surface area contributed by atoms with Crippen LogP contribution < -0.4 is 9.57 Å². The molecule has 0 spiro atoms. The van der Waals surface area contributed by atoms with Crippen molar-refractivity contribution in [3.63, 3.8) is 0 Å². The monoisotopic (exact) mass is 190 g/mol. The van der Waals surface area contributed by atoms with E-state index in [1.54, 1.807) is 19.0 Å². The number of nitrogens with zero attached hydrogens (tertiary/aromatic N) is 1. The predicted molar refractivity (Wildman–Crippen MR) is 54.6 cm³/mol. The van der Waals surface area contributed by atoms with Crippen molar-refractivity contribution in [3.05, 3.63) is 30.0 Å². The Labute approximate surface area is 82.8 Å². The van der Waals surface area contributed by atoms with E-state index in [-0.39, 0.29) is 0 Å². The summed E-state index contributed by atoms with van der Waals surface area (Å²) in [6.07, 6.45) is 1.93. The minimum Gasteiger partial charge on any atom is -0.496 e. The average Bonchev–Trinajstić information content (AvgIpc) is 2.55. The Hall–Kier alpha value is -1.64. The van der Waals surface area contributed by atoms with Crippen LogP contribution in [0, 0.1) is 13.0 Å². The topological polar surface area (TPSA) is 23.4 Å². The van der Waals surface area contributed by atoms with Crippen LogP contribution >= 0.6 is 0 Å². The lowest BCUT2D eigenvalue weighted by Crippen LogP contribution is -2.02. The van der Waals surface area contributed by atoms with Gasteiger partial charge in [-0.15, -0.1) is 0 Å². The molecular formula is C11H12NO2. The number of hydrogen-bond donors (Lipinski definition) is 0. The van der Waals surface area contributed by atoms with Crippen LogP contribution in [0.4, 0.5) is 0 Å². The number of methoxy groups -OCH3 is 1. The van der Waals surface area contributed by atoms with Crippen LogP contribution in [0.5, 0.6) is 5.75 Å². The molecule has 0 aliphatic rings. The predicted octanol–water partition coefficient (Wildman–Crippen LogP) is 1.82. The molecule has 0 atom stereocenters. The first kappa shape index (κ1) is 8.94. The van der Waals surface area contributed by atoms with Crippen molar-refractivity contribution < 1.29 is 9.57 Å². The number of hydrogen-bond acceptors (Lipinski definition) is 2. The molecular weight excluding hydrogens is 178 g/mol. The Morgan fingerprint density at radius 2 is 2.07 bits per heavy atom. The fourth-order valence-corrected chi connectivity index (χ4v) is 1.66. The standard InChI is InChI=1S/C11H12NO2/c1-8-7-12(14-3)9-5-4-6-10(13-2)11(8)9/h5-7H,1-3H3. The highest BCUT2D eigenvalue weighted by Gasteiger charge is 2.09. The molecule has 3 heteroatoms. The van der Waals surface area contributed by atoms with Gasteiger partial charge in [-0.25, -0.2) is 0 Å². The maximum Gasteiger partial charge on any atom is 0.129 e. The van der Waals surface area contributed by atoms with Gasteiger partial charge in [-0.2, -0.15) is 4.73 Å². The quantitative estimate of drug-likeness (QED) is 0.721. The number of ether oxygens (including phenoxy) is 1. The lowest BCUT2D eigenvalue weighted by molar-refractivity contribution is 0.179. The number of aromatic nitrogens is 1. The van der Waals surface area contributed by atoms with E-state index in [1.165, 1.54) is 0 Å². The first-order valence-corrected chi connectivity index (χ1v) is 4.38. The molecule has 2 rings (SSSR count). The van der Waals surface area contributed by atoms with Crippen LogP contribution in [0.15, 0.2) is 18.3 Å². The highest BCUT2D eigenvalue weighted by Crippen LogP contribution is 2.28. The van der Waals surface area contributed by atoms with E-state index in [1.807, 2.05) is 25.3 Å². The Morgan fingerprint density at radius 3 is 2.71 bits per heavy atom. The summed E-state index contributed by atoms with van der Waals surface area (Å²) in [6.45, 7) is 2.03. The zero-order chi connectivity index (χ0) is 10.1. The van der Waals surface area contributed by atoms with Crippen molar-refractivity contribution in [2.45, 2.75) is 6.92 Å². The molecule has 0 bridgehead atoms. The van der Waals surface area contributed by atoms with Gasteiger partial charge in [0.05, 0.1) is 12.6 Å². The van der Waals surface area contributed by atoms with Gasteiger partial charge in [0.1, 0.15) is 12.9 Å². The van der Waals surface area contributed by atoms with Crippen LogP contribution in [0.3, 0.4) is 0 Å². The van der Waals surface area contributed by atoms with Gasteiger partial charge in [0.25, 0.3) is 0 Å². The number of fused-ring (bicyclic) bond motifs is 1. The smallest absolute Gasteiger partial charge is 0.129 e. The number of rotatable bonds is 2. The minimum atomic E-state index is 0.829. The van der Waals surface area contributed by atoms with Crippen molar-refractivity contribution >= 4 is 10.9 Å². The van der Waals surface area contributed by atoms with Gasteiger partial charge < -0.3 is 9.57 Å². The molecule has 0 amide bonds. The molecule has 1 radical (unpaired) electrons. The molecule has 14 heavy (non-hydrogen) atoms. The van der Waals surface area contributed by atoms with Gasteiger partial charge in [0.15, 0.2) is 0 Å². The van der Waals surface area contributed by atoms with Gasteiger partial charge in [0.2, 0.25) is 0 Å². The van der Waals surface area contributed by atoms with Crippen LogP contribution in [-0.2, 0) is 0 Å². The molecule has 0 saturated carbocycles. The second kappa shape index (κ2) is 3.25. The van der Waals surface area contributed by atoms with Crippen molar-refractivity contribution in [2.24, 2.45) is 0 Å². The van der Waals surface area contributed by atoms with Crippen molar-refractivity contribution in [1.29, 1.82) is 0 Å².